The molecule has 29 heavy (non-hydrogen) atoms. The van der Waals surface area contributed by atoms with E-state index in [4.69, 9.17) is 0 Å². The zero-order chi connectivity index (χ0) is 21.2. The Balaban J connectivity index is 1.92. The van der Waals surface area contributed by atoms with Gasteiger partial charge in [-0.3, -0.25) is 4.79 Å². The van der Waals surface area contributed by atoms with Gasteiger partial charge in [-0.2, -0.15) is 13.2 Å². The third kappa shape index (κ3) is 4.55. The molecule has 148 valence electrons. The molecule has 1 amide bonds. The second-order valence-corrected chi connectivity index (χ2v) is 6.14. The summed E-state index contributed by atoms with van der Waals surface area (Å²) >= 11 is 0. The number of halogens is 3. The predicted octanol–water partition coefficient (Wildman–Crippen LogP) is 5.03. The number of hydrogen-bond donors (Lipinski definition) is 3. The van der Waals surface area contributed by atoms with Gasteiger partial charge >= 0.3 is 12.1 Å². The molecule has 0 saturated heterocycles. The van der Waals surface area contributed by atoms with Crippen molar-refractivity contribution in [3.05, 3.63) is 83.4 Å². The molecule has 0 aliphatic carbocycles. The number of phenolic OH excluding ortho intramolecular Hbond substituents is 1. The fraction of sp³-hybridized carbons (Fsp3) is 0.0476. The van der Waals surface area contributed by atoms with E-state index in [1.54, 1.807) is 18.2 Å². The summed E-state index contributed by atoms with van der Waals surface area (Å²) in [5.74, 6) is -1.96. The number of aromatic carboxylic acids is 1. The second kappa shape index (κ2) is 7.67. The number of nitrogens with one attached hydrogen (secondary N) is 1. The highest BCUT2D eigenvalue weighted by Gasteiger charge is 2.30. The molecule has 0 radical (unpaired) electrons. The number of carbonyl (C=O) groups excluding carboxylic acids is 1. The molecule has 0 bridgehead atoms. The summed E-state index contributed by atoms with van der Waals surface area (Å²) in [6.45, 7) is 0. The van der Waals surface area contributed by atoms with Crippen LogP contribution in [0.2, 0.25) is 0 Å². The van der Waals surface area contributed by atoms with E-state index >= 15 is 0 Å². The summed E-state index contributed by atoms with van der Waals surface area (Å²) in [5.41, 5.74) is 0.127. The standard InChI is InChI=1S/C21H14F3NO4/c22-21(23,24)15-6-1-13(2-7-15)19(27)25-18-11-14(5-10-17(18)20(28)29)12-3-8-16(26)9-4-12/h1-11,26H,(H,25,27)(H,28,29). The number of rotatable bonds is 4. The van der Waals surface area contributed by atoms with Gasteiger partial charge in [0.2, 0.25) is 0 Å². The topological polar surface area (TPSA) is 86.6 Å². The first-order valence-electron chi connectivity index (χ1n) is 8.30. The minimum Gasteiger partial charge on any atom is -0.508 e. The Hall–Kier alpha value is -3.81. The summed E-state index contributed by atoms with van der Waals surface area (Å²) in [4.78, 5) is 23.9. The van der Waals surface area contributed by atoms with E-state index in [1.165, 1.54) is 24.3 Å². The van der Waals surface area contributed by atoms with Crippen molar-refractivity contribution in [2.24, 2.45) is 0 Å². The molecule has 3 aromatic carbocycles. The van der Waals surface area contributed by atoms with Crippen LogP contribution in [-0.2, 0) is 6.18 Å². The lowest BCUT2D eigenvalue weighted by Gasteiger charge is -2.12. The highest BCUT2D eigenvalue weighted by atomic mass is 19.4. The molecule has 3 aromatic rings. The van der Waals surface area contributed by atoms with Crippen LogP contribution in [0.1, 0.15) is 26.3 Å². The summed E-state index contributed by atoms with van der Waals surface area (Å²) < 4.78 is 38.0. The summed E-state index contributed by atoms with van der Waals surface area (Å²) in [6, 6.07) is 14.0. The second-order valence-electron chi connectivity index (χ2n) is 6.14. The molecule has 3 rings (SSSR count). The molecular formula is C21H14F3NO4. The molecule has 0 atom stereocenters. The highest BCUT2D eigenvalue weighted by Crippen LogP contribution is 2.30. The molecule has 0 fully saturated rings. The first-order valence-corrected chi connectivity index (χ1v) is 8.30. The van der Waals surface area contributed by atoms with Gasteiger partial charge in [-0.05, 0) is 59.7 Å². The van der Waals surface area contributed by atoms with Crippen LogP contribution in [-0.4, -0.2) is 22.1 Å². The Labute approximate surface area is 163 Å². The molecule has 5 nitrogen and oxygen atoms in total. The molecule has 0 saturated carbocycles. The molecule has 0 unspecified atom stereocenters. The average Bonchev–Trinajstić information content (AvgIpc) is 2.67. The van der Waals surface area contributed by atoms with Crippen molar-refractivity contribution in [1.29, 1.82) is 0 Å². The van der Waals surface area contributed by atoms with E-state index in [-0.39, 0.29) is 22.6 Å². The maximum absolute atomic E-state index is 12.7. The number of aromatic hydroxyl groups is 1. The number of anilines is 1. The Morgan fingerprint density at radius 3 is 1.97 bits per heavy atom. The monoisotopic (exact) mass is 401 g/mol. The lowest BCUT2D eigenvalue weighted by Crippen LogP contribution is -2.15. The van der Waals surface area contributed by atoms with Crippen LogP contribution < -0.4 is 5.32 Å². The third-order valence-electron chi connectivity index (χ3n) is 4.17. The normalized spacial score (nSPS) is 11.1. The molecule has 0 spiro atoms. The minimum atomic E-state index is -4.52. The Morgan fingerprint density at radius 2 is 1.41 bits per heavy atom. The molecule has 3 N–H and O–H groups in total. The lowest BCUT2D eigenvalue weighted by molar-refractivity contribution is -0.137. The molecule has 0 aliphatic rings. The van der Waals surface area contributed by atoms with Gasteiger partial charge in [0.25, 0.3) is 5.91 Å². The molecular weight excluding hydrogens is 387 g/mol. The van der Waals surface area contributed by atoms with Crippen LogP contribution >= 0.6 is 0 Å². The van der Waals surface area contributed by atoms with E-state index in [2.05, 4.69) is 5.32 Å². The number of carboxylic acids is 1. The van der Waals surface area contributed by atoms with E-state index in [0.717, 1.165) is 24.3 Å². The number of carbonyl (C=O) groups is 2. The summed E-state index contributed by atoms with van der Waals surface area (Å²) in [7, 11) is 0. The fourth-order valence-electron chi connectivity index (χ4n) is 2.67. The van der Waals surface area contributed by atoms with E-state index in [0.29, 0.717) is 11.1 Å². The van der Waals surface area contributed by atoms with Gasteiger partial charge in [-0.1, -0.05) is 18.2 Å². The Morgan fingerprint density at radius 1 is 0.828 bits per heavy atom. The molecule has 0 heterocycles. The van der Waals surface area contributed by atoms with E-state index < -0.39 is 23.6 Å². The predicted molar refractivity (Wildman–Crippen MR) is 99.9 cm³/mol. The maximum atomic E-state index is 12.7. The minimum absolute atomic E-state index is 0.00651. The SMILES string of the molecule is O=C(Nc1cc(-c2ccc(O)cc2)ccc1C(=O)O)c1ccc(C(F)(F)F)cc1. The average molecular weight is 401 g/mol. The van der Waals surface area contributed by atoms with Crippen molar-refractivity contribution in [2.75, 3.05) is 5.32 Å². The molecule has 0 aliphatic heterocycles. The van der Waals surface area contributed by atoms with Crippen molar-refractivity contribution in [3.63, 3.8) is 0 Å². The number of phenols is 1. The highest BCUT2D eigenvalue weighted by molar-refractivity contribution is 6.08. The zero-order valence-electron chi connectivity index (χ0n) is 14.7. The fourth-order valence-corrected chi connectivity index (χ4v) is 2.67. The smallest absolute Gasteiger partial charge is 0.416 e. The lowest BCUT2D eigenvalue weighted by atomic mass is 10.0. The van der Waals surface area contributed by atoms with Crippen molar-refractivity contribution in [3.8, 4) is 16.9 Å². The van der Waals surface area contributed by atoms with Gasteiger partial charge in [0.1, 0.15) is 5.75 Å². The van der Waals surface area contributed by atoms with Gasteiger partial charge in [0.05, 0.1) is 16.8 Å². The van der Waals surface area contributed by atoms with Gasteiger partial charge in [-0.15, -0.1) is 0 Å². The van der Waals surface area contributed by atoms with Crippen LogP contribution in [0.4, 0.5) is 18.9 Å². The van der Waals surface area contributed by atoms with E-state index in [1.807, 2.05) is 0 Å². The van der Waals surface area contributed by atoms with Crippen molar-refractivity contribution in [1.82, 2.24) is 0 Å². The van der Waals surface area contributed by atoms with Crippen molar-refractivity contribution in [2.45, 2.75) is 6.18 Å². The van der Waals surface area contributed by atoms with Crippen LogP contribution in [0.3, 0.4) is 0 Å². The number of alkyl halides is 3. The Bertz CT molecular complexity index is 1060. The first kappa shape index (κ1) is 19.9. The largest absolute Gasteiger partial charge is 0.508 e. The Kier molecular flexibility index (Phi) is 5.27. The van der Waals surface area contributed by atoms with Crippen molar-refractivity contribution < 1.29 is 33.0 Å². The number of amides is 1. The van der Waals surface area contributed by atoms with Gasteiger partial charge in [0, 0.05) is 5.56 Å². The third-order valence-corrected chi connectivity index (χ3v) is 4.17. The van der Waals surface area contributed by atoms with E-state index in [9.17, 15) is 33.0 Å². The molecule has 8 heteroatoms. The van der Waals surface area contributed by atoms with Crippen LogP contribution in [0.15, 0.2) is 66.7 Å². The van der Waals surface area contributed by atoms with Crippen molar-refractivity contribution >= 4 is 17.6 Å². The van der Waals surface area contributed by atoms with Crippen LogP contribution in [0.25, 0.3) is 11.1 Å². The van der Waals surface area contributed by atoms with Crippen LogP contribution in [0.5, 0.6) is 5.75 Å². The zero-order valence-corrected chi connectivity index (χ0v) is 14.7. The van der Waals surface area contributed by atoms with Gasteiger partial charge < -0.3 is 15.5 Å². The van der Waals surface area contributed by atoms with Gasteiger partial charge in [0.15, 0.2) is 0 Å². The quantitative estimate of drug-likeness (QED) is 0.572. The van der Waals surface area contributed by atoms with Crippen LogP contribution in [0, 0.1) is 0 Å². The number of carboxylic acid groups (broad SMARTS) is 1. The maximum Gasteiger partial charge on any atom is 0.416 e. The summed E-state index contributed by atoms with van der Waals surface area (Å²) in [6.07, 6.45) is -4.52. The summed E-state index contributed by atoms with van der Waals surface area (Å²) in [5, 5.41) is 21.2. The van der Waals surface area contributed by atoms with Gasteiger partial charge in [-0.25, -0.2) is 4.79 Å². The first-order chi connectivity index (χ1) is 13.6. The number of hydrogen-bond acceptors (Lipinski definition) is 3. The molecule has 0 aromatic heterocycles. The number of benzene rings is 3.